The topological polar surface area (TPSA) is 61.6 Å². The van der Waals surface area contributed by atoms with Crippen molar-refractivity contribution in [2.45, 2.75) is 32.4 Å². The predicted molar refractivity (Wildman–Crippen MR) is 84.7 cm³/mol. The fraction of sp³-hybridized carbons (Fsp3) is 0.562. The Balaban J connectivity index is 2.00. The van der Waals surface area contributed by atoms with Gasteiger partial charge in [0.1, 0.15) is 0 Å². The van der Waals surface area contributed by atoms with Gasteiger partial charge in [-0.05, 0) is 51.2 Å². The van der Waals surface area contributed by atoms with Gasteiger partial charge in [-0.25, -0.2) is 5.84 Å². The van der Waals surface area contributed by atoms with E-state index in [1.54, 1.807) is 0 Å². The van der Waals surface area contributed by atoms with Crippen LogP contribution in [0.25, 0.3) is 0 Å². The highest BCUT2D eigenvalue weighted by molar-refractivity contribution is 5.95. The van der Waals surface area contributed by atoms with Crippen molar-refractivity contribution in [3.8, 4) is 0 Å². The molecular weight excluding hydrogens is 264 g/mol. The fourth-order valence-electron chi connectivity index (χ4n) is 3.03. The summed E-state index contributed by atoms with van der Waals surface area (Å²) in [5, 5.41) is 0. The van der Waals surface area contributed by atoms with E-state index in [0.29, 0.717) is 11.6 Å². The first kappa shape index (κ1) is 15.9. The van der Waals surface area contributed by atoms with Crippen molar-refractivity contribution < 1.29 is 4.79 Å². The highest BCUT2D eigenvalue weighted by Crippen LogP contribution is 2.19. The van der Waals surface area contributed by atoms with E-state index in [2.05, 4.69) is 29.2 Å². The number of hydrogen-bond donors (Lipinski definition) is 2. The average molecular weight is 290 g/mol. The standard InChI is InChI=1S/C16H26N4O/c1-3-20-10-8-14(9-11-20)19(2)12-13-6-4-5-7-15(13)16(21)18-17/h4-7,14H,3,8-12,17H2,1-2H3,(H,18,21). The molecule has 5 nitrogen and oxygen atoms in total. The van der Waals surface area contributed by atoms with Crippen molar-refractivity contribution in [2.75, 3.05) is 26.7 Å². The van der Waals surface area contributed by atoms with Crippen LogP contribution in [0.15, 0.2) is 24.3 Å². The third-order valence-electron chi connectivity index (χ3n) is 4.44. The van der Waals surface area contributed by atoms with E-state index in [9.17, 15) is 4.79 Å². The van der Waals surface area contributed by atoms with Crippen molar-refractivity contribution in [1.29, 1.82) is 0 Å². The van der Waals surface area contributed by atoms with Crippen LogP contribution in [0.1, 0.15) is 35.7 Å². The molecule has 1 aliphatic rings. The third kappa shape index (κ3) is 4.03. The van der Waals surface area contributed by atoms with Crippen LogP contribution in [-0.4, -0.2) is 48.4 Å². The summed E-state index contributed by atoms with van der Waals surface area (Å²) in [6, 6.07) is 8.25. The Morgan fingerprint density at radius 1 is 1.38 bits per heavy atom. The second-order valence-electron chi connectivity index (χ2n) is 5.71. The minimum atomic E-state index is -0.222. The lowest BCUT2D eigenvalue weighted by atomic mass is 10.0. The second kappa shape index (κ2) is 7.54. The maximum Gasteiger partial charge on any atom is 0.265 e. The van der Waals surface area contributed by atoms with Gasteiger partial charge in [-0.3, -0.25) is 15.1 Å². The quantitative estimate of drug-likeness (QED) is 0.486. The fourth-order valence-corrected chi connectivity index (χ4v) is 3.03. The van der Waals surface area contributed by atoms with Crippen molar-refractivity contribution in [1.82, 2.24) is 15.2 Å². The third-order valence-corrected chi connectivity index (χ3v) is 4.44. The number of hydrazine groups is 1. The van der Waals surface area contributed by atoms with Crippen LogP contribution < -0.4 is 11.3 Å². The van der Waals surface area contributed by atoms with Crippen LogP contribution in [-0.2, 0) is 6.54 Å². The maximum atomic E-state index is 11.8. The van der Waals surface area contributed by atoms with Gasteiger partial charge < -0.3 is 4.90 Å². The SMILES string of the molecule is CCN1CCC(N(C)Cc2ccccc2C(=O)NN)CC1. The first-order valence-corrected chi connectivity index (χ1v) is 7.67. The molecule has 1 fully saturated rings. The van der Waals surface area contributed by atoms with Crippen molar-refractivity contribution in [3.63, 3.8) is 0 Å². The molecule has 3 N–H and O–H groups in total. The van der Waals surface area contributed by atoms with Gasteiger partial charge in [-0.1, -0.05) is 25.1 Å². The molecule has 1 aliphatic heterocycles. The van der Waals surface area contributed by atoms with Crippen LogP contribution >= 0.6 is 0 Å². The molecule has 116 valence electrons. The molecule has 0 spiro atoms. The van der Waals surface area contributed by atoms with Gasteiger partial charge in [0.15, 0.2) is 0 Å². The minimum Gasteiger partial charge on any atom is -0.303 e. The number of rotatable bonds is 5. The van der Waals surface area contributed by atoms with Gasteiger partial charge >= 0.3 is 0 Å². The van der Waals surface area contributed by atoms with Crippen LogP contribution in [0.3, 0.4) is 0 Å². The summed E-state index contributed by atoms with van der Waals surface area (Å²) in [6.07, 6.45) is 2.38. The first-order chi connectivity index (χ1) is 10.2. The van der Waals surface area contributed by atoms with E-state index < -0.39 is 0 Å². The van der Waals surface area contributed by atoms with Crippen molar-refractivity contribution >= 4 is 5.91 Å². The summed E-state index contributed by atoms with van der Waals surface area (Å²) in [7, 11) is 2.14. The number of likely N-dealkylation sites (tertiary alicyclic amines) is 1. The van der Waals surface area contributed by atoms with E-state index in [0.717, 1.165) is 31.7 Å². The lowest BCUT2D eigenvalue weighted by molar-refractivity contribution is 0.0949. The second-order valence-corrected chi connectivity index (χ2v) is 5.71. The molecule has 5 heteroatoms. The summed E-state index contributed by atoms with van der Waals surface area (Å²) < 4.78 is 0. The highest BCUT2D eigenvalue weighted by atomic mass is 16.2. The molecule has 1 aromatic rings. The van der Waals surface area contributed by atoms with Crippen LogP contribution in [0.4, 0.5) is 0 Å². The van der Waals surface area contributed by atoms with Gasteiger partial charge in [-0.15, -0.1) is 0 Å². The summed E-state index contributed by atoms with van der Waals surface area (Å²) >= 11 is 0. The Labute approximate surface area is 127 Å². The summed E-state index contributed by atoms with van der Waals surface area (Å²) in [6.45, 7) is 6.45. The van der Waals surface area contributed by atoms with Crippen LogP contribution in [0, 0.1) is 0 Å². The molecule has 1 heterocycles. The number of hydrogen-bond acceptors (Lipinski definition) is 4. The van der Waals surface area contributed by atoms with Gasteiger partial charge in [0.05, 0.1) is 0 Å². The molecule has 0 radical (unpaired) electrons. The molecule has 2 rings (SSSR count). The lowest BCUT2D eigenvalue weighted by Crippen LogP contribution is -2.43. The molecule has 0 saturated carbocycles. The Kier molecular flexibility index (Phi) is 5.73. The zero-order chi connectivity index (χ0) is 15.2. The molecule has 0 atom stereocenters. The molecule has 1 aromatic carbocycles. The molecule has 0 unspecified atom stereocenters. The predicted octanol–water partition coefficient (Wildman–Crippen LogP) is 1.21. The monoisotopic (exact) mass is 290 g/mol. The number of nitrogen functional groups attached to an aromatic ring is 1. The molecule has 0 aromatic heterocycles. The van der Waals surface area contributed by atoms with E-state index in [4.69, 9.17) is 5.84 Å². The molecule has 1 saturated heterocycles. The zero-order valence-corrected chi connectivity index (χ0v) is 13.0. The number of carbonyl (C=O) groups is 1. The Bertz CT molecular complexity index is 469. The number of nitrogens with two attached hydrogens (primary N) is 1. The maximum absolute atomic E-state index is 11.8. The summed E-state index contributed by atoms with van der Waals surface area (Å²) in [5.41, 5.74) is 3.92. The number of nitrogens with one attached hydrogen (secondary N) is 1. The Morgan fingerprint density at radius 2 is 2.05 bits per heavy atom. The van der Waals surface area contributed by atoms with E-state index >= 15 is 0 Å². The lowest BCUT2D eigenvalue weighted by Gasteiger charge is -2.36. The van der Waals surface area contributed by atoms with Gasteiger partial charge in [0, 0.05) is 18.2 Å². The van der Waals surface area contributed by atoms with Crippen LogP contribution in [0.2, 0.25) is 0 Å². The largest absolute Gasteiger partial charge is 0.303 e. The highest BCUT2D eigenvalue weighted by Gasteiger charge is 2.22. The number of nitrogens with zero attached hydrogens (tertiary/aromatic N) is 2. The normalized spacial score (nSPS) is 17.1. The van der Waals surface area contributed by atoms with Crippen molar-refractivity contribution in [3.05, 3.63) is 35.4 Å². The molecular formula is C16H26N4O. The summed E-state index contributed by atoms with van der Waals surface area (Å²) in [5.74, 6) is 5.04. The zero-order valence-electron chi connectivity index (χ0n) is 13.0. The number of piperidine rings is 1. The number of amides is 1. The first-order valence-electron chi connectivity index (χ1n) is 7.67. The van der Waals surface area contributed by atoms with Crippen molar-refractivity contribution in [2.24, 2.45) is 5.84 Å². The van der Waals surface area contributed by atoms with E-state index in [1.165, 1.54) is 12.8 Å². The molecule has 0 aliphatic carbocycles. The summed E-state index contributed by atoms with van der Waals surface area (Å²) in [4.78, 5) is 16.7. The number of carbonyl (C=O) groups excluding carboxylic acids is 1. The molecule has 1 amide bonds. The smallest absolute Gasteiger partial charge is 0.265 e. The van der Waals surface area contributed by atoms with Gasteiger partial charge in [-0.2, -0.15) is 0 Å². The Hall–Kier alpha value is -1.43. The molecule has 21 heavy (non-hydrogen) atoms. The molecule has 0 bridgehead atoms. The average Bonchev–Trinajstić information content (AvgIpc) is 2.54. The van der Waals surface area contributed by atoms with E-state index in [-0.39, 0.29) is 5.91 Å². The van der Waals surface area contributed by atoms with Gasteiger partial charge in [0.2, 0.25) is 0 Å². The minimum absolute atomic E-state index is 0.222. The van der Waals surface area contributed by atoms with E-state index in [1.807, 2.05) is 24.3 Å². The van der Waals surface area contributed by atoms with Gasteiger partial charge in [0.25, 0.3) is 5.91 Å². The Morgan fingerprint density at radius 3 is 2.67 bits per heavy atom. The van der Waals surface area contributed by atoms with Crippen LogP contribution in [0.5, 0.6) is 0 Å². The number of benzene rings is 1.